The Kier molecular flexibility index (Phi) is 5.94. The summed E-state index contributed by atoms with van der Waals surface area (Å²) >= 11 is 0. The maximum atomic E-state index is 11.8. The highest BCUT2D eigenvalue weighted by Crippen LogP contribution is 2.39. The van der Waals surface area contributed by atoms with Gasteiger partial charge in [-0.3, -0.25) is 4.79 Å². The minimum absolute atomic E-state index is 0.0252. The summed E-state index contributed by atoms with van der Waals surface area (Å²) in [7, 11) is -2.01. The van der Waals surface area contributed by atoms with Crippen LogP contribution < -0.4 is 9.16 Å². The second-order valence-corrected chi connectivity index (χ2v) is 11.7. The lowest BCUT2D eigenvalue weighted by atomic mass is 10.2. The summed E-state index contributed by atoms with van der Waals surface area (Å²) in [4.78, 5) is 22.8. The van der Waals surface area contributed by atoms with Gasteiger partial charge in [-0.15, -0.1) is 0 Å². The molecule has 0 spiro atoms. The molecule has 0 aliphatic heterocycles. The van der Waals surface area contributed by atoms with E-state index in [2.05, 4.69) is 33.9 Å². The molecule has 0 aliphatic carbocycles. The van der Waals surface area contributed by atoms with E-state index in [4.69, 9.17) is 9.16 Å². The van der Waals surface area contributed by atoms with Crippen LogP contribution in [0.4, 0.5) is 0 Å². The van der Waals surface area contributed by atoms with Crippen LogP contribution in [0.1, 0.15) is 40.5 Å². The highest BCUT2D eigenvalue weighted by molar-refractivity contribution is 6.74. The minimum Gasteiger partial charge on any atom is -0.541 e. The molecule has 5 heteroatoms. The third-order valence-corrected chi connectivity index (χ3v) is 8.27. The van der Waals surface area contributed by atoms with Crippen LogP contribution in [0.25, 0.3) is 0 Å². The summed E-state index contributed by atoms with van der Waals surface area (Å²) in [5.74, 6) is 0.565. The Balaban J connectivity index is 2.87. The molecule has 1 aromatic carbocycles. The third kappa shape index (κ3) is 5.29. The van der Waals surface area contributed by atoms with Crippen LogP contribution in [-0.2, 0) is 9.59 Å². The fraction of sp³-hybridized carbons (Fsp3) is 0.529. The average molecular weight is 322 g/mol. The van der Waals surface area contributed by atoms with Gasteiger partial charge in [0.25, 0.3) is 8.32 Å². The predicted molar refractivity (Wildman–Crippen MR) is 89.8 cm³/mol. The Morgan fingerprint density at radius 3 is 2.09 bits per heavy atom. The number of ketones is 1. The van der Waals surface area contributed by atoms with Crippen molar-refractivity contribution in [1.82, 2.24) is 0 Å². The Morgan fingerprint density at radius 1 is 1.05 bits per heavy atom. The van der Waals surface area contributed by atoms with E-state index < -0.39 is 14.3 Å². The summed E-state index contributed by atoms with van der Waals surface area (Å²) < 4.78 is 11.6. The van der Waals surface area contributed by atoms with Crippen molar-refractivity contribution in [2.45, 2.75) is 58.7 Å². The van der Waals surface area contributed by atoms with Gasteiger partial charge in [-0.05, 0) is 37.2 Å². The summed E-state index contributed by atoms with van der Waals surface area (Å²) in [5.41, 5.74) is 0. The predicted octanol–water partition coefficient (Wildman–Crippen LogP) is 4.35. The molecule has 22 heavy (non-hydrogen) atoms. The number of esters is 1. The zero-order chi connectivity index (χ0) is 17.0. The monoisotopic (exact) mass is 322 g/mol. The third-order valence-electron chi connectivity index (χ3n) is 3.93. The van der Waals surface area contributed by atoms with Crippen LogP contribution in [0.3, 0.4) is 0 Å². The van der Waals surface area contributed by atoms with Crippen molar-refractivity contribution in [3.05, 3.63) is 24.3 Å². The van der Waals surface area contributed by atoms with Gasteiger partial charge in [-0.2, -0.15) is 0 Å². The van der Waals surface area contributed by atoms with E-state index in [1.165, 1.54) is 6.92 Å². The van der Waals surface area contributed by atoms with Crippen LogP contribution in [0.2, 0.25) is 18.1 Å². The van der Waals surface area contributed by atoms with Crippen molar-refractivity contribution in [2.24, 2.45) is 0 Å². The van der Waals surface area contributed by atoms with Crippen molar-refractivity contribution < 1.29 is 18.8 Å². The fourth-order valence-electron chi connectivity index (χ4n) is 1.50. The molecule has 0 saturated heterocycles. The van der Waals surface area contributed by atoms with Gasteiger partial charge in [-0.25, -0.2) is 0 Å². The molecule has 0 radical (unpaired) electrons. The van der Waals surface area contributed by atoms with E-state index in [0.717, 1.165) is 0 Å². The quantitative estimate of drug-likeness (QED) is 0.444. The zero-order valence-electron chi connectivity index (χ0n) is 14.4. The first-order chi connectivity index (χ1) is 10.0. The molecule has 0 aliphatic rings. The van der Waals surface area contributed by atoms with Crippen LogP contribution in [0.15, 0.2) is 24.3 Å². The summed E-state index contributed by atoms with van der Waals surface area (Å²) in [6.07, 6.45) is 0.286. The number of rotatable bonds is 6. The van der Waals surface area contributed by atoms with Crippen LogP contribution in [0, 0.1) is 0 Å². The van der Waals surface area contributed by atoms with E-state index in [-0.39, 0.29) is 23.7 Å². The number of hydrogen-bond acceptors (Lipinski definition) is 4. The molecule has 0 saturated carbocycles. The smallest absolute Gasteiger partial charge is 0.311 e. The van der Waals surface area contributed by atoms with Crippen molar-refractivity contribution in [2.75, 3.05) is 0 Å². The van der Waals surface area contributed by atoms with E-state index >= 15 is 0 Å². The van der Waals surface area contributed by atoms with Crippen molar-refractivity contribution in [3.8, 4) is 11.5 Å². The standard InChI is InChI=1S/C17H26O4Si/c1-13(18)11-12-16(19)20-14-9-7-8-10-15(14)21-22(5,6)17(2,3)4/h7-10H,11-12H2,1-6H3. The number of carbonyl (C=O) groups is 2. The molecule has 0 bridgehead atoms. The Hall–Kier alpha value is -1.62. The van der Waals surface area contributed by atoms with Gasteiger partial charge in [0, 0.05) is 6.42 Å². The van der Waals surface area contributed by atoms with Crippen molar-refractivity contribution in [1.29, 1.82) is 0 Å². The summed E-state index contributed by atoms with van der Waals surface area (Å²) in [6, 6.07) is 7.18. The fourth-order valence-corrected chi connectivity index (χ4v) is 2.52. The zero-order valence-corrected chi connectivity index (χ0v) is 15.4. The SMILES string of the molecule is CC(=O)CCC(=O)Oc1ccccc1O[Si](C)(C)C(C)(C)C. The molecule has 0 amide bonds. The Labute approximate surface area is 134 Å². The second-order valence-electron chi connectivity index (χ2n) is 6.99. The number of carbonyl (C=O) groups excluding carboxylic acids is 2. The molecule has 0 fully saturated rings. The van der Waals surface area contributed by atoms with Crippen molar-refractivity contribution in [3.63, 3.8) is 0 Å². The molecule has 1 aromatic rings. The van der Waals surface area contributed by atoms with E-state index in [0.29, 0.717) is 11.5 Å². The first-order valence-corrected chi connectivity index (χ1v) is 10.4. The van der Waals surface area contributed by atoms with Gasteiger partial charge in [0.05, 0.1) is 6.42 Å². The molecule has 0 heterocycles. The largest absolute Gasteiger partial charge is 0.541 e. The number of hydrogen-bond donors (Lipinski definition) is 0. The maximum Gasteiger partial charge on any atom is 0.311 e. The molecule has 4 nitrogen and oxygen atoms in total. The Bertz CT molecular complexity index is 544. The highest BCUT2D eigenvalue weighted by atomic mass is 28.4. The lowest BCUT2D eigenvalue weighted by Crippen LogP contribution is -2.44. The van der Waals surface area contributed by atoms with E-state index in [9.17, 15) is 9.59 Å². The molecule has 0 N–H and O–H groups in total. The highest BCUT2D eigenvalue weighted by Gasteiger charge is 2.39. The molecule has 0 atom stereocenters. The first kappa shape index (κ1) is 18.4. The van der Waals surface area contributed by atoms with Crippen LogP contribution >= 0.6 is 0 Å². The van der Waals surface area contributed by atoms with E-state index in [1.54, 1.807) is 12.1 Å². The molecular weight excluding hydrogens is 296 g/mol. The van der Waals surface area contributed by atoms with Crippen LogP contribution in [-0.4, -0.2) is 20.1 Å². The van der Waals surface area contributed by atoms with Gasteiger partial charge < -0.3 is 14.0 Å². The molecule has 122 valence electrons. The van der Waals surface area contributed by atoms with Gasteiger partial charge in [0.15, 0.2) is 5.75 Å². The summed E-state index contributed by atoms with van der Waals surface area (Å²) in [5, 5.41) is 0.0543. The molecule has 0 unspecified atom stereocenters. The van der Waals surface area contributed by atoms with Gasteiger partial charge in [0.2, 0.25) is 0 Å². The molecule has 1 rings (SSSR count). The normalized spacial score (nSPS) is 11.9. The van der Waals surface area contributed by atoms with Gasteiger partial charge in [0.1, 0.15) is 11.5 Å². The van der Waals surface area contributed by atoms with Crippen LogP contribution in [0.5, 0.6) is 11.5 Å². The first-order valence-electron chi connectivity index (χ1n) is 7.51. The van der Waals surface area contributed by atoms with Crippen molar-refractivity contribution >= 4 is 20.1 Å². The van der Waals surface area contributed by atoms with E-state index in [1.807, 2.05) is 12.1 Å². The molecular formula is C17H26O4Si. The second kappa shape index (κ2) is 7.09. The summed E-state index contributed by atoms with van der Waals surface area (Å²) in [6.45, 7) is 12.2. The number of para-hydroxylation sites is 2. The minimum atomic E-state index is -2.01. The number of Topliss-reactive ketones (excluding diaryl/α,β-unsaturated/α-hetero) is 1. The Morgan fingerprint density at radius 2 is 1.59 bits per heavy atom. The molecule has 0 aromatic heterocycles. The number of benzene rings is 1. The topological polar surface area (TPSA) is 52.6 Å². The lowest BCUT2D eigenvalue weighted by molar-refractivity contribution is -0.136. The maximum absolute atomic E-state index is 11.8. The average Bonchev–Trinajstić information content (AvgIpc) is 2.37. The number of ether oxygens (including phenoxy) is 1. The van der Waals surface area contributed by atoms with Gasteiger partial charge >= 0.3 is 5.97 Å². The van der Waals surface area contributed by atoms with Gasteiger partial charge in [-0.1, -0.05) is 32.9 Å². The lowest BCUT2D eigenvalue weighted by Gasteiger charge is -2.36.